The number of rotatable bonds is 4. The van der Waals surface area contributed by atoms with E-state index < -0.39 is 21.7 Å². The van der Waals surface area contributed by atoms with Gasteiger partial charge in [0.25, 0.3) is 0 Å². The van der Waals surface area contributed by atoms with Crippen molar-refractivity contribution in [1.29, 1.82) is 0 Å². The van der Waals surface area contributed by atoms with Crippen molar-refractivity contribution in [3.8, 4) is 0 Å². The molecule has 1 fully saturated rings. The fourth-order valence-electron chi connectivity index (χ4n) is 2.27. The maximum Gasteiger partial charge on any atom is 0.231 e. The predicted octanol–water partition coefficient (Wildman–Crippen LogP) is -0.302. The first kappa shape index (κ1) is 15.7. The molecule has 110 valence electrons. The number of nitrogens with zero attached hydrogens (tertiary/aromatic N) is 1. The molecule has 0 aromatic heterocycles. The van der Waals surface area contributed by atoms with Crippen molar-refractivity contribution in [2.45, 2.75) is 32.7 Å². The SMILES string of the molecule is CC(C)C(C(=O)NC1CCCS(=O)(=O)C1)C(N)=NO. The third kappa shape index (κ3) is 4.38. The van der Waals surface area contributed by atoms with Gasteiger partial charge >= 0.3 is 0 Å². The van der Waals surface area contributed by atoms with E-state index in [0.29, 0.717) is 12.8 Å². The van der Waals surface area contributed by atoms with E-state index >= 15 is 0 Å². The van der Waals surface area contributed by atoms with E-state index in [1.165, 1.54) is 0 Å². The number of carbonyl (C=O) groups is 1. The molecule has 0 saturated carbocycles. The lowest BCUT2D eigenvalue weighted by Gasteiger charge is -2.26. The molecule has 0 bridgehead atoms. The van der Waals surface area contributed by atoms with E-state index in [0.717, 1.165) is 0 Å². The Balaban J connectivity index is 2.72. The number of amides is 1. The zero-order valence-corrected chi connectivity index (χ0v) is 12.0. The summed E-state index contributed by atoms with van der Waals surface area (Å²) in [6, 6.07) is -0.390. The van der Waals surface area contributed by atoms with Gasteiger partial charge in [0, 0.05) is 6.04 Å². The molecule has 19 heavy (non-hydrogen) atoms. The van der Waals surface area contributed by atoms with Crippen LogP contribution in [0.15, 0.2) is 5.16 Å². The molecular formula is C11H21N3O4S. The van der Waals surface area contributed by atoms with Gasteiger partial charge in [-0.15, -0.1) is 0 Å². The lowest BCUT2D eigenvalue weighted by atomic mass is 9.93. The molecule has 1 aliphatic rings. The van der Waals surface area contributed by atoms with Crippen LogP contribution in [0.4, 0.5) is 0 Å². The summed E-state index contributed by atoms with van der Waals surface area (Å²) < 4.78 is 23.0. The minimum atomic E-state index is -3.07. The monoisotopic (exact) mass is 291 g/mol. The predicted molar refractivity (Wildman–Crippen MR) is 71.6 cm³/mol. The van der Waals surface area contributed by atoms with Crippen LogP contribution in [0, 0.1) is 11.8 Å². The standard InChI is InChI=1S/C11H21N3O4S/c1-7(2)9(10(12)14-16)11(15)13-8-4-3-5-19(17,18)6-8/h7-9,16H,3-6H2,1-2H3,(H2,12,14)(H,13,15). The van der Waals surface area contributed by atoms with E-state index in [9.17, 15) is 13.2 Å². The zero-order valence-electron chi connectivity index (χ0n) is 11.2. The molecular weight excluding hydrogens is 270 g/mol. The molecule has 0 aromatic carbocycles. The third-order valence-corrected chi connectivity index (χ3v) is 5.01. The number of nitrogens with two attached hydrogens (primary N) is 1. The largest absolute Gasteiger partial charge is 0.409 e. The quantitative estimate of drug-likeness (QED) is 0.284. The number of amidine groups is 1. The van der Waals surface area contributed by atoms with Gasteiger partial charge in [-0.3, -0.25) is 4.79 Å². The second-order valence-electron chi connectivity index (χ2n) is 5.21. The molecule has 1 aliphatic heterocycles. The molecule has 2 unspecified atom stereocenters. The molecule has 7 nitrogen and oxygen atoms in total. The Morgan fingerprint density at radius 2 is 2.11 bits per heavy atom. The number of hydrogen-bond donors (Lipinski definition) is 3. The number of hydrogen-bond acceptors (Lipinski definition) is 5. The minimum absolute atomic E-state index is 0.0419. The van der Waals surface area contributed by atoms with Crippen molar-refractivity contribution < 1.29 is 18.4 Å². The van der Waals surface area contributed by atoms with Gasteiger partial charge in [-0.05, 0) is 18.8 Å². The molecule has 8 heteroatoms. The number of sulfone groups is 1. The molecule has 1 saturated heterocycles. The van der Waals surface area contributed by atoms with Crippen molar-refractivity contribution in [1.82, 2.24) is 5.32 Å². The van der Waals surface area contributed by atoms with Crippen LogP contribution < -0.4 is 11.1 Å². The minimum Gasteiger partial charge on any atom is -0.409 e. The third-order valence-electron chi connectivity index (χ3n) is 3.19. The summed E-state index contributed by atoms with van der Waals surface area (Å²) >= 11 is 0. The summed E-state index contributed by atoms with van der Waals surface area (Å²) in [4.78, 5) is 12.1. The van der Waals surface area contributed by atoms with Gasteiger partial charge in [0.05, 0.1) is 11.5 Å². The molecule has 0 aromatic rings. The summed E-state index contributed by atoms with van der Waals surface area (Å²) in [5.74, 6) is -1.32. The molecule has 4 N–H and O–H groups in total. The topological polar surface area (TPSA) is 122 Å². The fraction of sp³-hybridized carbons (Fsp3) is 0.818. The molecule has 2 atom stereocenters. The van der Waals surface area contributed by atoms with Crippen molar-refractivity contribution in [3.63, 3.8) is 0 Å². The summed E-state index contributed by atoms with van der Waals surface area (Å²) in [7, 11) is -3.07. The maximum atomic E-state index is 12.1. The van der Waals surface area contributed by atoms with Crippen LogP contribution in [0.5, 0.6) is 0 Å². The van der Waals surface area contributed by atoms with Gasteiger partial charge in [-0.1, -0.05) is 19.0 Å². The summed E-state index contributed by atoms with van der Waals surface area (Å²) in [6.07, 6.45) is 1.18. The molecule has 1 amide bonds. The Morgan fingerprint density at radius 3 is 2.58 bits per heavy atom. The Kier molecular flexibility index (Phi) is 5.16. The van der Waals surface area contributed by atoms with Crippen LogP contribution in [0.1, 0.15) is 26.7 Å². The van der Waals surface area contributed by atoms with E-state index in [1.54, 1.807) is 13.8 Å². The second kappa shape index (κ2) is 6.23. The summed E-state index contributed by atoms with van der Waals surface area (Å²) in [6.45, 7) is 3.56. The van der Waals surface area contributed by atoms with Gasteiger partial charge in [0.1, 0.15) is 5.92 Å². The number of oxime groups is 1. The van der Waals surface area contributed by atoms with Gasteiger partial charge in [-0.25, -0.2) is 8.42 Å². The molecule has 0 spiro atoms. The number of nitrogens with one attached hydrogen (secondary N) is 1. The smallest absolute Gasteiger partial charge is 0.231 e. The Morgan fingerprint density at radius 1 is 1.47 bits per heavy atom. The first-order valence-electron chi connectivity index (χ1n) is 6.25. The highest BCUT2D eigenvalue weighted by Gasteiger charge is 2.31. The molecule has 0 radical (unpaired) electrons. The molecule has 1 heterocycles. The highest BCUT2D eigenvalue weighted by Crippen LogP contribution is 2.15. The van der Waals surface area contributed by atoms with Crippen LogP contribution in [-0.4, -0.2) is 42.9 Å². The Bertz CT molecular complexity index is 459. The van der Waals surface area contributed by atoms with Gasteiger partial charge in [0.15, 0.2) is 15.7 Å². The first-order valence-corrected chi connectivity index (χ1v) is 8.07. The average Bonchev–Trinajstić information content (AvgIpc) is 2.26. The highest BCUT2D eigenvalue weighted by molar-refractivity contribution is 7.91. The van der Waals surface area contributed by atoms with Crippen LogP contribution >= 0.6 is 0 Å². The number of carbonyl (C=O) groups excluding carboxylic acids is 1. The van der Waals surface area contributed by atoms with E-state index in [4.69, 9.17) is 10.9 Å². The molecule has 1 rings (SSSR count). The average molecular weight is 291 g/mol. The maximum absolute atomic E-state index is 12.1. The lowest BCUT2D eigenvalue weighted by molar-refractivity contribution is -0.124. The fourth-order valence-corrected chi connectivity index (χ4v) is 3.90. The van der Waals surface area contributed by atoms with Gasteiger partial charge < -0.3 is 16.3 Å². The van der Waals surface area contributed by atoms with Crippen LogP contribution in [0.25, 0.3) is 0 Å². The lowest BCUT2D eigenvalue weighted by Crippen LogP contribution is -2.49. The van der Waals surface area contributed by atoms with Gasteiger partial charge in [-0.2, -0.15) is 0 Å². The van der Waals surface area contributed by atoms with Crippen molar-refractivity contribution in [2.24, 2.45) is 22.7 Å². The molecule has 0 aliphatic carbocycles. The highest BCUT2D eigenvalue weighted by atomic mass is 32.2. The second-order valence-corrected chi connectivity index (χ2v) is 7.44. The van der Waals surface area contributed by atoms with Gasteiger partial charge in [0.2, 0.25) is 5.91 Å². The van der Waals surface area contributed by atoms with Crippen LogP contribution in [0.3, 0.4) is 0 Å². The van der Waals surface area contributed by atoms with Crippen molar-refractivity contribution in [3.05, 3.63) is 0 Å². The van der Waals surface area contributed by atoms with Crippen LogP contribution in [-0.2, 0) is 14.6 Å². The van der Waals surface area contributed by atoms with E-state index in [1.807, 2.05) is 0 Å². The summed E-state index contributed by atoms with van der Waals surface area (Å²) in [5, 5.41) is 14.2. The van der Waals surface area contributed by atoms with Crippen molar-refractivity contribution in [2.75, 3.05) is 11.5 Å². The van der Waals surface area contributed by atoms with E-state index in [-0.39, 0.29) is 29.3 Å². The van der Waals surface area contributed by atoms with Crippen LogP contribution in [0.2, 0.25) is 0 Å². The Labute approximate surface area is 113 Å². The summed E-state index contributed by atoms with van der Waals surface area (Å²) in [5.41, 5.74) is 5.50. The first-order chi connectivity index (χ1) is 8.76. The van der Waals surface area contributed by atoms with Crippen molar-refractivity contribution >= 4 is 21.6 Å². The zero-order chi connectivity index (χ0) is 14.6. The van der Waals surface area contributed by atoms with E-state index in [2.05, 4.69) is 10.5 Å². The normalized spacial score (nSPS) is 25.0. The Hall–Kier alpha value is -1.31.